The zero-order valence-electron chi connectivity index (χ0n) is 29.4. The van der Waals surface area contributed by atoms with Gasteiger partial charge >= 0.3 is 0 Å². The first-order valence-corrected chi connectivity index (χ1v) is 18.5. The summed E-state index contributed by atoms with van der Waals surface area (Å²) in [4.78, 5) is 12.4. The van der Waals surface area contributed by atoms with Crippen LogP contribution in [0.25, 0.3) is 49.7 Å². The first-order valence-electron chi connectivity index (χ1n) is 18.1. The third-order valence-corrected chi connectivity index (χ3v) is 11.1. The molecule has 1 aliphatic heterocycles. The van der Waals surface area contributed by atoms with Gasteiger partial charge in [0.25, 0.3) is 5.69 Å². The summed E-state index contributed by atoms with van der Waals surface area (Å²) in [7, 11) is 0. The van der Waals surface area contributed by atoms with Gasteiger partial charge in [0, 0.05) is 38.7 Å². The van der Waals surface area contributed by atoms with Crippen molar-refractivity contribution in [1.82, 2.24) is 4.57 Å². The van der Waals surface area contributed by atoms with Crippen molar-refractivity contribution in [1.29, 1.82) is 0 Å². The molecule has 0 aliphatic carbocycles. The average molecular weight is 731 g/mol. The maximum Gasteiger partial charge on any atom is 0.277 e. The maximum atomic E-state index is 12.7. The molecule has 9 aromatic rings. The zero-order valence-corrected chi connectivity index (χ0v) is 30.2. The summed E-state index contributed by atoms with van der Waals surface area (Å²) in [5.41, 5.74) is 9.18. The molecule has 0 fully saturated rings. The molecule has 6 heteroatoms. The SMILES string of the molecule is O=[N+]([O-])c1cc(-c2ccccc2)ccc1-c1cccc(C2(c3cccc(-n4c5ccccc5c5ccccc54)c3)c3ccccc3Oc3cc(Cl)ccc32)c1. The molecule has 0 saturated heterocycles. The van der Waals surface area contributed by atoms with Crippen LogP contribution in [0.2, 0.25) is 5.02 Å². The molecule has 2 heterocycles. The van der Waals surface area contributed by atoms with Crippen molar-refractivity contribution >= 4 is 39.1 Å². The normalized spacial score (nSPS) is 14.6. The third kappa shape index (κ3) is 5.16. The Balaban J connectivity index is 1.25. The fourth-order valence-electron chi connectivity index (χ4n) is 8.54. The average Bonchev–Trinajstić information content (AvgIpc) is 3.57. The van der Waals surface area contributed by atoms with Crippen LogP contribution in [0.15, 0.2) is 188 Å². The largest absolute Gasteiger partial charge is 0.457 e. The van der Waals surface area contributed by atoms with E-state index in [1.165, 1.54) is 10.8 Å². The second-order valence-corrected chi connectivity index (χ2v) is 14.3. The van der Waals surface area contributed by atoms with Crippen LogP contribution in [0.1, 0.15) is 22.3 Å². The molecule has 0 radical (unpaired) electrons. The van der Waals surface area contributed by atoms with Crippen molar-refractivity contribution in [3.05, 3.63) is 225 Å². The van der Waals surface area contributed by atoms with E-state index in [0.717, 1.165) is 55.7 Å². The van der Waals surface area contributed by atoms with Gasteiger partial charge in [-0.3, -0.25) is 10.1 Å². The predicted molar refractivity (Wildman–Crippen MR) is 222 cm³/mol. The summed E-state index contributed by atoms with van der Waals surface area (Å²) in [6, 6.07) is 63.0. The molecule has 1 aliphatic rings. The van der Waals surface area contributed by atoms with Gasteiger partial charge in [-0.1, -0.05) is 139 Å². The monoisotopic (exact) mass is 730 g/mol. The summed E-state index contributed by atoms with van der Waals surface area (Å²) in [6.45, 7) is 0. The number of nitro benzene ring substituents is 1. The van der Waals surface area contributed by atoms with Crippen LogP contribution in [-0.4, -0.2) is 9.49 Å². The number of benzene rings is 8. The van der Waals surface area contributed by atoms with E-state index in [-0.39, 0.29) is 10.6 Å². The zero-order chi connectivity index (χ0) is 37.1. The minimum Gasteiger partial charge on any atom is -0.457 e. The molecule has 8 aromatic carbocycles. The highest BCUT2D eigenvalue weighted by molar-refractivity contribution is 6.30. The van der Waals surface area contributed by atoms with Gasteiger partial charge in [0.15, 0.2) is 0 Å². The van der Waals surface area contributed by atoms with E-state index in [0.29, 0.717) is 22.1 Å². The molecule has 0 N–H and O–H groups in total. The van der Waals surface area contributed by atoms with Crippen LogP contribution in [0.5, 0.6) is 11.5 Å². The predicted octanol–water partition coefficient (Wildman–Crippen LogP) is 13.2. The third-order valence-electron chi connectivity index (χ3n) is 10.9. The lowest BCUT2D eigenvalue weighted by Crippen LogP contribution is -2.34. The highest BCUT2D eigenvalue weighted by Gasteiger charge is 2.46. The molecule has 0 saturated carbocycles. The second-order valence-electron chi connectivity index (χ2n) is 13.8. The van der Waals surface area contributed by atoms with Crippen LogP contribution in [0.3, 0.4) is 0 Å². The van der Waals surface area contributed by atoms with Crippen molar-refractivity contribution in [2.75, 3.05) is 0 Å². The number of aromatic nitrogens is 1. The molecule has 1 aromatic heterocycles. The number of para-hydroxylation sites is 3. The summed E-state index contributed by atoms with van der Waals surface area (Å²) >= 11 is 6.65. The summed E-state index contributed by atoms with van der Waals surface area (Å²) < 4.78 is 8.94. The van der Waals surface area contributed by atoms with Crippen molar-refractivity contribution in [2.45, 2.75) is 5.41 Å². The van der Waals surface area contributed by atoms with Gasteiger partial charge in [-0.15, -0.1) is 0 Å². The minimum atomic E-state index is -0.904. The van der Waals surface area contributed by atoms with Crippen molar-refractivity contribution < 1.29 is 9.66 Å². The minimum absolute atomic E-state index is 0.0421. The summed E-state index contributed by atoms with van der Waals surface area (Å²) in [5, 5.41) is 15.6. The first kappa shape index (κ1) is 32.7. The van der Waals surface area contributed by atoms with Gasteiger partial charge in [-0.25, -0.2) is 0 Å². The van der Waals surface area contributed by atoms with E-state index in [1.807, 2.05) is 91.0 Å². The smallest absolute Gasteiger partial charge is 0.277 e. The number of hydrogen-bond donors (Lipinski definition) is 0. The standard InChI is InChI=1S/C49H31ClN2O3/c50-37-25-27-43-48(31-37)55-47-23-9-6-20-42(47)49(43,36-16-11-17-38(30-36)51-44-21-7-4-18-40(44)41-19-5-8-22-45(41)51)35-15-10-14-34(28-35)39-26-24-33(29-46(39)52(53)54)32-12-2-1-3-13-32/h1-31H. The molecule has 262 valence electrons. The molecule has 1 unspecified atom stereocenters. The molecular formula is C49H31ClN2O3. The Bertz CT molecular complexity index is 2920. The number of fused-ring (bicyclic) bond motifs is 5. The van der Waals surface area contributed by atoms with Gasteiger partial charge in [-0.2, -0.15) is 0 Å². The first-order chi connectivity index (χ1) is 27.0. The Labute approximate surface area is 322 Å². The van der Waals surface area contributed by atoms with Crippen LogP contribution in [0.4, 0.5) is 5.69 Å². The number of nitrogens with zero attached hydrogens (tertiary/aromatic N) is 2. The number of ether oxygens (including phenoxy) is 1. The summed E-state index contributed by atoms with van der Waals surface area (Å²) in [6.07, 6.45) is 0. The van der Waals surface area contributed by atoms with Crippen LogP contribution >= 0.6 is 11.6 Å². The lowest BCUT2D eigenvalue weighted by molar-refractivity contribution is -0.384. The van der Waals surface area contributed by atoms with E-state index in [1.54, 1.807) is 6.07 Å². The Hall–Kier alpha value is -6.95. The van der Waals surface area contributed by atoms with Crippen molar-refractivity contribution in [3.8, 4) is 39.4 Å². The van der Waals surface area contributed by atoms with Crippen molar-refractivity contribution in [2.24, 2.45) is 0 Å². The van der Waals surface area contributed by atoms with Gasteiger partial charge in [0.2, 0.25) is 0 Å². The molecule has 0 bridgehead atoms. The molecular weight excluding hydrogens is 700 g/mol. The molecule has 10 rings (SSSR count). The Kier molecular flexibility index (Phi) is 7.65. The molecule has 1 atom stereocenters. The Morgan fingerprint density at radius 3 is 1.93 bits per heavy atom. The molecule has 0 spiro atoms. The van der Waals surface area contributed by atoms with E-state index >= 15 is 0 Å². The van der Waals surface area contributed by atoms with E-state index in [4.69, 9.17) is 16.3 Å². The van der Waals surface area contributed by atoms with E-state index in [2.05, 4.69) is 95.6 Å². The number of halogens is 1. The molecule has 0 amide bonds. The Morgan fingerprint density at radius 2 is 1.16 bits per heavy atom. The highest BCUT2D eigenvalue weighted by atomic mass is 35.5. The van der Waals surface area contributed by atoms with Crippen LogP contribution < -0.4 is 4.74 Å². The maximum absolute atomic E-state index is 12.7. The topological polar surface area (TPSA) is 57.3 Å². The number of nitro groups is 1. The lowest BCUT2D eigenvalue weighted by atomic mass is 9.63. The fourth-order valence-corrected chi connectivity index (χ4v) is 8.71. The van der Waals surface area contributed by atoms with Gasteiger partial charge in [-0.05, 0) is 82.4 Å². The van der Waals surface area contributed by atoms with Crippen LogP contribution in [-0.2, 0) is 5.41 Å². The summed E-state index contributed by atoms with van der Waals surface area (Å²) in [5.74, 6) is 1.36. The fraction of sp³-hybridized carbons (Fsp3) is 0.0204. The molecule has 55 heavy (non-hydrogen) atoms. The van der Waals surface area contributed by atoms with E-state index < -0.39 is 5.41 Å². The van der Waals surface area contributed by atoms with E-state index in [9.17, 15) is 10.1 Å². The van der Waals surface area contributed by atoms with Crippen LogP contribution in [0, 0.1) is 10.1 Å². The number of hydrogen-bond acceptors (Lipinski definition) is 3. The number of rotatable bonds is 6. The highest BCUT2D eigenvalue weighted by Crippen LogP contribution is 2.56. The van der Waals surface area contributed by atoms with Gasteiger partial charge in [0.05, 0.1) is 26.9 Å². The van der Waals surface area contributed by atoms with Gasteiger partial charge < -0.3 is 9.30 Å². The van der Waals surface area contributed by atoms with Crippen molar-refractivity contribution in [3.63, 3.8) is 0 Å². The lowest BCUT2D eigenvalue weighted by Gasteiger charge is -2.42. The quantitative estimate of drug-likeness (QED) is 0.126. The molecule has 5 nitrogen and oxygen atoms in total. The van der Waals surface area contributed by atoms with Gasteiger partial charge in [0.1, 0.15) is 11.5 Å². The second kappa shape index (κ2) is 12.9. The Morgan fingerprint density at radius 1 is 0.527 bits per heavy atom.